The van der Waals surface area contributed by atoms with E-state index < -0.39 is 0 Å². The predicted octanol–water partition coefficient (Wildman–Crippen LogP) is 1.91. The van der Waals surface area contributed by atoms with Crippen molar-refractivity contribution in [2.75, 3.05) is 45.2 Å². The molecule has 2 N–H and O–H groups in total. The summed E-state index contributed by atoms with van der Waals surface area (Å²) in [4.78, 5) is 9.64. The van der Waals surface area contributed by atoms with E-state index in [-0.39, 0.29) is 11.6 Å². The summed E-state index contributed by atoms with van der Waals surface area (Å²) in [6, 6.07) is 5.21. The molecule has 0 bridgehead atoms. The summed E-state index contributed by atoms with van der Waals surface area (Å²) in [5.41, 5.74) is 0.962. The Balaban J connectivity index is 1.76. The van der Waals surface area contributed by atoms with E-state index in [1.54, 1.807) is 12.1 Å². The van der Waals surface area contributed by atoms with Crippen LogP contribution >= 0.6 is 11.3 Å². The second kappa shape index (κ2) is 6.64. The molecule has 0 aliphatic carbocycles. The van der Waals surface area contributed by atoms with Crippen molar-refractivity contribution in [2.24, 2.45) is 0 Å². The first-order valence-corrected chi connectivity index (χ1v) is 8.36. The number of ether oxygens (including phenoxy) is 1. The first-order valence-electron chi connectivity index (χ1n) is 7.55. The number of aromatic nitrogens is 1. The van der Waals surface area contributed by atoms with Gasteiger partial charge in [0.1, 0.15) is 0 Å². The molecule has 1 aliphatic rings. The number of likely N-dealkylation sites (N-methyl/N-ethyl adjacent to an activating group) is 1. The third kappa shape index (κ3) is 3.51. The molecular weight excluding hydrogens is 314 g/mol. The summed E-state index contributed by atoms with van der Waals surface area (Å²) in [5.74, 6) is 0.643. The molecular formula is C16H21N3O3S. The van der Waals surface area contributed by atoms with Crippen molar-refractivity contribution >= 4 is 16.5 Å². The van der Waals surface area contributed by atoms with Crippen LogP contribution in [-0.4, -0.2) is 60.4 Å². The van der Waals surface area contributed by atoms with Crippen molar-refractivity contribution in [1.29, 1.82) is 0 Å². The summed E-state index contributed by atoms with van der Waals surface area (Å²) in [6.45, 7) is 3.86. The van der Waals surface area contributed by atoms with Crippen LogP contribution in [0.25, 0.3) is 0 Å². The highest BCUT2D eigenvalue weighted by Gasteiger charge is 2.20. The molecule has 1 aliphatic heterocycles. The van der Waals surface area contributed by atoms with Gasteiger partial charge in [0.2, 0.25) is 5.88 Å². The van der Waals surface area contributed by atoms with Gasteiger partial charge in [-0.3, -0.25) is 0 Å². The van der Waals surface area contributed by atoms with Gasteiger partial charge in [-0.1, -0.05) is 17.4 Å². The smallest absolute Gasteiger partial charge is 0.227 e. The maximum Gasteiger partial charge on any atom is 0.227 e. The fourth-order valence-electron chi connectivity index (χ4n) is 2.60. The van der Waals surface area contributed by atoms with Gasteiger partial charge in [-0.15, -0.1) is 0 Å². The van der Waals surface area contributed by atoms with E-state index in [0.29, 0.717) is 12.2 Å². The molecule has 23 heavy (non-hydrogen) atoms. The standard InChI is InChI=1S/C16H21N3O3S/c1-18-5-7-19(8-6-18)16-17-15(21)14(23-16)10-11-3-4-12(20)13(9-11)22-2/h3-4,9,20-21H,5-8,10H2,1-2H3. The van der Waals surface area contributed by atoms with E-state index in [0.717, 1.165) is 41.8 Å². The fraction of sp³-hybridized carbons (Fsp3) is 0.438. The van der Waals surface area contributed by atoms with Gasteiger partial charge in [-0.2, -0.15) is 4.98 Å². The Morgan fingerprint density at radius 1 is 1.22 bits per heavy atom. The summed E-state index contributed by atoms with van der Waals surface area (Å²) < 4.78 is 5.13. The average Bonchev–Trinajstić information content (AvgIpc) is 2.91. The molecule has 124 valence electrons. The topological polar surface area (TPSA) is 69.1 Å². The summed E-state index contributed by atoms with van der Waals surface area (Å²) >= 11 is 1.52. The summed E-state index contributed by atoms with van der Waals surface area (Å²) in [5, 5.41) is 20.7. The minimum absolute atomic E-state index is 0.0935. The Hall–Kier alpha value is -1.99. The van der Waals surface area contributed by atoms with Gasteiger partial charge in [0.05, 0.1) is 12.0 Å². The van der Waals surface area contributed by atoms with E-state index in [4.69, 9.17) is 4.74 Å². The van der Waals surface area contributed by atoms with Gasteiger partial charge in [0, 0.05) is 32.6 Å². The van der Waals surface area contributed by atoms with Crippen LogP contribution in [0.1, 0.15) is 10.4 Å². The van der Waals surface area contributed by atoms with Crippen LogP contribution in [0.15, 0.2) is 18.2 Å². The number of nitrogens with zero attached hydrogens (tertiary/aromatic N) is 3. The zero-order valence-electron chi connectivity index (χ0n) is 13.3. The molecule has 1 fully saturated rings. The van der Waals surface area contributed by atoms with Crippen molar-refractivity contribution in [3.8, 4) is 17.4 Å². The number of piperazine rings is 1. The van der Waals surface area contributed by atoms with E-state index in [2.05, 4.69) is 21.8 Å². The number of methoxy groups -OCH3 is 1. The molecule has 1 saturated heterocycles. The lowest BCUT2D eigenvalue weighted by atomic mass is 10.1. The molecule has 1 aromatic heterocycles. The number of hydrogen-bond acceptors (Lipinski definition) is 7. The number of phenolic OH excluding ortho intramolecular Hbond substituents is 1. The monoisotopic (exact) mass is 335 g/mol. The van der Waals surface area contributed by atoms with Gasteiger partial charge in [-0.25, -0.2) is 0 Å². The normalized spacial score (nSPS) is 15.8. The van der Waals surface area contributed by atoms with Crippen LogP contribution in [0.3, 0.4) is 0 Å². The summed E-state index contributed by atoms with van der Waals surface area (Å²) in [6.07, 6.45) is 0.563. The number of thiazole rings is 1. The molecule has 0 spiro atoms. The number of aromatic hydroxyl groups is 2. The molecule has 1 aromatic carbocycles. The zero-order valence-corrected chi connectivity index (χ0v) is 14.1. The van der Waals surface area contributed by atoms with Crippen LogP contribution in [0.5, 0.6) is 17.4 Å². The van der Waals surface area contributed by atoms with Crippen LogP contribution in [0, 0.1) is 0 Å². The SMILES string of the molecule is COc1cc(Cc2sc(N3CCN(C)CC3)nc2O)ccc1O. The van der Waals surface area contributed by atoms with Gasteiger partial charge < -0.3 is 24.7 Å². The number of anilines is 1. The van der Waals surface area contributed by atoms with E-state index >= 15 is 0 Å². The van der Waals surface area contributed by atoms with Crippen molar-refractivity contribution in [3.05, 3.63) is 28.6 Å². The number of hydrogen-bond donors (Lipinski definition) is 2. The molecule has 7 heteroatoms. The van der Waals surface area contributed by atoms with Crippen LogP contribution in [-0.2, 0) is 6.42 Å². The first-order chi connectivity index (χ1) is 11.1. The third-order valence-corrected chi connectivity index (χ3v) is 5.15. The molecule has 0 unspecified atom stereocenters. The second-order valence-electron chi connectivity index (χ2n) is 5.72. The van der Waals surface area contributed by atoms with E-state index in [1.807, 2.05) is 6.07 Å². The molecule has 0 radical (unpaired) electrons. The number of benzene rings is 1. The number of rotatable bonds is 4. The molecule has 2 aromatic rings. The van der Waals surface area contributed by atoms with Crippen molar-refractivity contribution in [3.63, 3.8) is 0 Å². The Kier molecular flexibility index (Phi) is 4.58. The van der Waals surface area contributed by atoms with Gasteiger partial charge in [0.15, 0.2) is 16.6 Å². The maximum absolute atomic E-state index is 10.1. The van der Waals surface area contributed by atoms with Crippen molar-refractivity contribution < 1.29 is 14.9 Å². The van der Waals surface area contributed by atoms with Crippen LogP contribution in [0.2, 0.25) is 0 Å². The van der Waals surface area contributed by atoms with Gasteiger partial charge in [0.25, 0.3) is 0 Å². The quantitative estimate of drug-likeness (QED) is 0.889. The average molecular weight is 335 g/mol. The second-order valence-corrected chi connectivity index (χ2v) is 6.78. The largest absolute Gasteiger partial charge is 0.504 e. The highest BCUT2D eigenvalue weighted by Crippen LogP contribution is 2.34. The molecule has 2 heterocycles. The highest BCUT2D eigenvalue weighted by atomic mass is 32.1. The lowest BCUT2D eigenvalue weighted by Crippen LogP contribution is -2.44. The Labute approximate surface area is 139 Å². The zero-order chi connectivity index (χ0) is 16.4. The molecule has 0 saturated carbocycles. The lowest BCUT2D eigenvalue weighted by molar-refractivity contribution is 0.312. The number of phenols is 1. The summed E-state index contributed by atoms with van der Waals surface area (Å²) in [7, 11) is 3.63. The minimum Gasteiger partial charge on any atom is -0.504 e. The molecule has 3 rings (SSSR count). The lowest BCUT2D eigenvalue weighted by Gasteiger charge is -2.31. The first kappa shape index (κ1) is 15.9. The molecule has 0 atom stereocenters. The van der Waals surface area contributed by atoms with Crippen LogP contribution in [0.4, 0.5) is 5.13 Å². The van der Waals surface area contributed by atoms with Gasteiger partial charge >= 0.3 is 0 Å². The highest BCUT2D eigenvalue weighted by molar-refractivity contribution is 7.15. The fourth-order valence-corrected chi connectivity index (χ4v) is 3.64. The Bertz CT molecular complexity index is 681. The van der Waals surface area contributed by atoms with Crippen molar-refractivity contribution in [2.45, 2.75) is 6.42 Å². The maximum atomic E-state index is 10.1. The Morgan fingerprint density at radius 3 is 2.65 bits per heavy atom. The van der Waals surface area contributed by atoms with E-state index in [1.165, 1.54) is 18.4 Å². The molecule has 6 nitrogen and oxygen atoms in total. The van der Waals surface area contributed by atoms with Gasteiger partial charge in [-0.05, 0) is 24.7 Å². The minimum atomic E-state index is 0.0935. The predicted molar refractivity (Wildman–Crippen MR) is 91.0 cm³/mol. The Morgan fingerprint density at radius 2 is 1.96 bits per heavy atom. The van der Waals surface area contributed by atoms with Crippen LogP contribution < -0.4 is 9.64 Å². The van der Waals surface area contributed by atoms with E-state index in [9.17, 15) is 10.2 Å². The third-order valence-electron chi connectivity index (χ3n) is 4.05. The molecule has 0 amide bonds. The van der Waals surface area contributed by atoms with Crippen molar-refractivity contribution in [1.82, 2.24) is 9.88 Å².